The van der Waals surface area contributed by atoms with E-state index < -0.39 is 30.9 Å². The lowest BCUT2D eigenvalue weighted by Crippen LogP contribution is -2.59. The van der Waals surface area contributed by atoms with Gasteiger partial charge in [0.2, 0.25) is 0 Å². The molecule has 6 nitrogen and oxygen atoms in total. The number of urea groups is 1. The van der Waals surface area contributed by atoms with E-state index in [0.29, 0.717) is 11.6 Å². The average molecular weight is 417 g/mol. The molecule has 2 aromatic heterocycles. The molecule has 0 aliphatic carbocycles. The Morgan fingerprint density at radius 2 is 2.03 bits per heavy atom. The van der Waals surface area contributed by atoms with Crippen LogP contribution in [0.1, 0.15) is 25.8 Å². The fraction of sp³-hybridized carbons (Fsp3) is 0.381. The minimum atomic E-state index is -2.85. The number of anilines is 1. The summed E-state index contributed by atoms with van der Waals surface area (Å²) in [6.07, 6.45) is 5.40. The standard InChI is InChI=1S/C21H22F3N5O/c1-13(2)3-4-14-7-15-10-29(27-19(15)25-9-14)18-8-16(5-6-17(18)22)26-20(30)28-11-21(23,24)12-28/h5-10,13H,3-4,11-12H2,1-2H3,(H,26,30). The van der Waals surface area contributed by atoms with Gasteiger partial charge in [0.05, 0.1) is 13.1 Å². The van der Waals surface area contributed by atoms with Gasteiger partial charge in [-0.1, -0.05) is 13.8 Å². The van der Waals surface area contributed by atoms with Gasteiger partial charge in [0.15, 0.2) is 5.65 Å². The fourth-order valence-electron chi connectivity index (χ4n) is 3.30. The maximum atomic E-state index is 14.4. The lowest BCUT2D eigenvalue weighted by molar-refractivity contribution is -0.107. The molecule has 1 aromatic carbocycles. The number of carbonyl (C=O) groups is 1. The van der Waals surface area contributed by atoms with Gasteiger partial charge in [-0.15, -0.1) is 5.10 Å². The summed E-state index contributed by atoms with van der Waals surface area (Å²) in [5, 5.41) is 7.63. The van der Waals surface area contributed by atoms with Gasteiger partial charge in [0.25, 0.3) is 5.92 Å². The number of carbonyl (C=O) groups excluding carboxylic acids is 1. The van der Waals surface area contributed by atoms with E-state index in [2.05, 4.69) is 29.2 Å². The van der Waals surface area contributed by atoms with Gasteiger partial charge < -0.3 is 10.2 Å². The second-order valence-corrected chi connectivity index (χ2v) is 8.07. The van der Waals surface area contributed by atoms with Gasteiger partial charge in [-0.05, 0) is 48.6 Å². The van der Waals surface area contributed by atoms with E-state index in [9.17, 15) is 18.0 Å². The monoisotopic (exact) mass is 417 g/mol. The summed E-state index contributed by atoms with van der Waals surface area (Å²) in [7, 11) is 0. The number of benzene rings is 1. The van der Waals surface area contributed by atoms with Crippen LogP contribution in [0.15, 0.2) is 36.7 Å². The van der Waals surface area contributed by atoms with Crippen LogP contribution < -0.4 is 5.32 Å². The summed E-state index contributed by atoms with van der Waals surface area (Å²) in [5.41, 5.74) is 1.99. The number of alkyl halides is 2. The van der Waals surface area contributed by atoms with Gasteiger partial charge in [-0.2, -0.15) is 0 Å². The van der Waals surface area contributed by atoms with E-state index in [0.717, 1.165) is 28.7 Å². The van der Waals surface area contributed by atoms with Crippen molar-refractivity contribution in [3.05, 3.63) is 48.0 Å². The Bertz CT molecular complexity index is 1090. The van der Waals surface area contributed by atoms with E-state index in [1.54, 1.807) is 12.4 Å². The molecule has 1 aliphatic heterocycles. The third-order valence-corrected chi connectivity index (χ3v) is 5.00. The van der Waals surface area contributed by atoms with Crippen molar-refractivity contribution in [2.75, 3.05) is 18.4 Å². The number of amides is 2. The summed E-state index contributed by atoms with van der Waals surface area (Å²) in [4.78, 5) is 17.4. The van der Waals surface area contributed by atoms with Crippen molar-refractivity contribution >= 4 is 22.8 Å². The SMILES string of the molecule is CC(C)CCc1cnc2nn(-c3cc(NC(=O)N4CC(F)(F)C4)ccc3F)cc2c1. The predicted octanol–water partition coefficient (Wildman–Crippen LogP) is 4.63. The van der Waals surface area contributed by atoms with Crippen LogP contribution in [0.2, 0.25) is 0 Å². The summed E-state index contributed by atoms with van der Waals surface area (Å²) in [6.45, 7) is 3.07. The van der Waals surface area contributed by atoms with Crippen molar-refractivity contribution < 1.29 is 18.0 Å². The highest BCUT2D eigenvalue weighted by Crippen LogP contribution is 2.28. The zero-order valence-electron chi connectivity index (χ0n) is 16.7. The van der Waals surface area contributed by atoms with Crippen LogP contribution in [0.3, 0.4) is 0 Å². The lowest BCUT2D eigenvalue weighted by Gasteiger charge is -2.38. The number of pyridine rings is 1. The van der Waals surface area contributed by atoms with Crippen LogP contribution in [-0.2, 0) is 6.42 Å². The smallest absolute Gasteiger partial charge is 0.312 e. The summed E-state index contributed by atoms with van der Waals surface area (Å²) in [6, 6.07) is 5.32. The molecule has 30 heavy (non-hydrogen) atoms. The van der Waals surface area contributed by atoms with Crippen molar-refractivity contribution in [2.24, 2.45) is 5.92 Å². The number of nitrogens with zero attached hydrogens (tertiary/aromatic N) is 4. The molecule has 3 heterocycles. The van der Waals surface area contributed by atoms with Crippen molar-refractivity contribution in [1.82, 2.24) is 19.7 Å². The van der Waals surface area contributed by atoms with Gasteiger partial charge in [-0.3, -0.25) is 0 Å². The van der Waals surface area contributed by atoms with Crippen LogP contribution in [0.25, 0.3) is 16.7 Å². The molecule has 0 spiro atoms. The number of hydrogen-bond acceptors (Lipinski definition) is 3. The van der Waals surface area contributed by atoms with Gasteiger partial charge >= 0.3 is 6.03 Å². The van der Waals surface area contributed by atoms with Crippen LogP contribution >= 0.6 is 0 Å². The molecule has 1 fully saturated rings. The molecule has 9 heteroatoms. The van der Waals surface area contributed by atoms with E-state index >= 15 is 0 Å². The predicted molar refractivity (Wildman–Crippen MR) is 108 cm³/mol. The quantitative estimate of drug-likeness (QED) is 0.658. The van der Waals surface area contributed by atoms with E-state index in [1.165, 1.54) is 22.9 Å². The molecule has 3 aromatic rings. The Labute approximate surface area is 171 Å². The molecule has 0 radical (unpaired) electrons. The zero-order chi connectivity index (χ0) is 21.5. The number of fused-ring (bicyclic) bond motifs is 1. The third kappa shape index (κ3) is 4.24. The third-order valence-electron chi connectivity index (χ3n) is 5.00. The van der Waals surface area contributed by atoms with Gasteiger partial charge in [0, 0.05) is 23.5 Å². The highest BCUT2D eigenvalue weighted by atomic mass is 19.3. The normalized spacial score (nSPS) is 15.5. The van der Waals surface area contributed by atoms with Crippen molar-refractivity contribution in [2.45, 2.75) is 32.6 Å². The molecule has 0 unspecified atom stereocenters. The van der Waals surface area contributed by atoms with Crippen molar-refractivity contribution in [3.63, 3.8) is 0 Å². The Balaban J connectivity index is 1.55. The molecule has 4 rings (SSSR count). The molecule has 0 atom stereocenters. The van der Waals surface area contributed by atoms with Crippen molar-refractivity contribution in [3.8, 4) is 5.69 Å². The minimum Gasteiger partial charge on any atom is -0.312 e. The number of halogens is 3. The number of hydrogen-bond donors (Lipinski definition) is 1. The summed E-state index contributed by atoms with van der Waals surface area (Å²) < 4.78 is 41.7. The second kappa shape index (κ2) is 7.62. The number of nitrogens with one attached hydrogen (secondary N) is 1. The zero-order valence-corrected chi connectivity index (χ0v) is 16.7. The Morgan fingerprint density at radius 3 is 2.73 bits per heavy atom. The van der Waals surface area contributed by atoms with Crippen LogP contribution in [-0.4, -0.2) is 44.7 Å². The van der Waals surface area contributed by atoms with Gasteiger partial charge in [-0.25, -0.2) is 27.6 Å². The first-order valence-electron chi connectivity index (χ1n) is 9.78. The van der Waals surface area contributed by atoms with E-state index in [4.69, 9.17) is 0 Å². The number of rotatable bonds is 5. The Kier molecular flexibility index (Phi) is 5.13. The van der Waals surface area contributed by atoms with Gasteiger partial charge in [0.1, 0.15) is 11.5 Å². The molecule has 158 valence electrons. The largest absolute Gasteiger partial charge is 0.322 e. The number of aryl methyl sites for hydroxylation is 1. The average Bonchev–Trinajstić information content (AvgIpc) is 3.08. The van der Waals surface area contributed by atoms with E-state index in [-0.39, 0.29) is 11.4 Å². The second-order valence-electron chi connectivity index (χ2n) is 8.07. The minimum absolute atomic E-state index is 0.128. The molecule has 1 saturated heterocycles. The first kappa shape index (κ1) is 20.2. The lowest BCUT2D eigenvalue weighted by atomic mass is 10.0. The molecule has 1 N–H and O–H groups in total. The molecular weight excluding hydrogens is 395 g/mol. The van der Waals surface area contributed by atoms with Crippen molar-refractivity contribution in [1.29, 1.82) is 0 Å². The Hall–Kier alpha value is -3.10. The Morgan fingerprint density at radius 1 is 1.27 bits per heavy atom. The first-order chi connectivity index (χ1) is 14.2. The summed E-state index contributed by atoms with van der Waals surface area (Å²) in [5.74, 6) is -2.80. The topological polar surface area (TPSA) is 63.1 Å². The number of aromatic nitrogens is 3. The molecule has 1 aliphatic rings. The van der Waals surface area contributed by atoms with Crippen LogP contribution in [0, 0.1) is 11.7 Å². The highest BCUT2D eigenvalue weighted by Gasteiger charge is 2.46. The van der Waals surface area contributed by atoms with E-state index in [1.807, 2.05) is 6.07 Å². The maximum absolute atomic E-state index is 14.4. The summed E-state index contributed by atoms with van der Waals surface area (Å²) >= 11 is 0. The van der Waals surface area contributed by atoms with Crippen LogP contribution in [0.4, 0.5) is 23.7 Å². The van der Waals surface area contributed by atoms with Crippen LogP contribution in [0.5, 0.6) is 0 Å². The molecule has 0 bridgehead atoms. The highest BCUT2D eigenvalue weighted by molar-refractivity contribution is 5.90. The first-order valence-corrected chi connectivity index (χ1v) is 9.78. The molecular formula is C21H22F3N5O. The maximum Gasteiger partial charge on any atom is 0.322 e. The molecule has 2 amide bonds. The number of likely N-dealkylation sites (tertiary alicyclic amines) is 1. The molecule has 0 saturated carbocycles. The fourth-order valence-corrected chi connectivity index (χ4v) is 3.30.